The van der Waals surface area contributed by atoms with Crippen molar-refractivity contribution in [1.82, 2.24) is 0 Å². The molecule has 0 saturated heterocycles. The molecule has 0 spiro atoms. The highest BCUT2D eigenvalue weighted by Crippen LogP contribution is 2.57. The van der Waals surface area contributed by atoms with E-state index in [1.54, 1.807) is 0 Å². The summed E-state index contributed by atoms with van der Waals surface area (Å²) in [6.07, 6.45) is 0. The second kappa shape index (κ2) is 11.7. The highest BCUT2D eigenvalue weighted by Gasteiger charge is 2.46. The van der Waals surface area contributed by atoms with Gasteiger partial charge in [-0.05, 0) is 120 Å². The Morgan fingerprint density at radius 3 is 1.12 bits per heavy atom. The summed E-state index contributed by atoms with van der Waals surface area (Å²) in [4.78, 5) is 9.58. The third kappa shape index (κ3) is 5.29. The molecule has 4 heteroatoms. The standard InChI is InChI=1S/C47H40N2O2/c1-45(2)29-50-43(48-45)33-19-15-31(16-20-33)35-23-25-39-40-26-24-36(32-17-21-34(22-18-32)44-49-46(3,4)30-51-44)28-42(40)47(41(39)27-35,37-11-7-5-8-12-37)38-13-9-6-10-14-38/h5-28H,29-30H2,1-4H3. The Labute approximate surface area is 300 Å². The number of ether oxygens (including phenoxy) is 2. The Kier molecular flexibility index (Phi) is 7.15. The number of benzene rings is 6. The number of aliphatic imine (C=N–C) groups is 2. The molecule has 0 aromatic heterocycles. The minimum absolute atomic E-state index is 0.193. The molecule has 2 heterocycles. The van der Waals surface area contributed by atoms with Gasteiger partial charge in [0.1, 0.15) is 13.2 Å². The topological polar surface area (TPSA) is 43.2 Å². The molecule has 51 heavy (non-hydrogen) atoms. The average Bonchev–Trinajstić information content (AvgIpc) is 3.82. The molecule has 0 saturated carbocycles. The number of rotatable bonds is 6. The maximum atomic E-state index is 5.94. The van der Waals surface area contributed by atoms with Gasteiger partial charge in [-0.15, -0.1) is 0 Å². The summed E-state index contributed by atoms with van der Waals surface area (Å²) >= 11 is 0. The molecule has 0 bridgehead atoms. The van der Waals surface area contributed by atoms with Crippen LogP contribution in [-0.4, -0.2) is 36.1 Å². The first-order chi connectivity index (χ1) is 24.7. The lowest BCUT2D eigenvalue weighted by molar-refractivity contribution is 0.279. The summed E-state index contributed by atoms with van der Waals surface area (Å²) in [5, 5.41) is 0. The van der Waals surface area contributed by atoms with E-state index in [1.165, 1.54) is 44.5 Å². The zero-order valence-electron chi connectivity index (χ0n) is 29.5. The molecule has 6 aromatic carbocycles. The molecule has 0 atom stereocenters. The van der Waals surface area contributed by atoms with Crippen LogP contribution in [0.2, 0.25) is 0 Å². The molecule has 0 N–H and O–H groups in total. The Balaban J connectivity index is 1.19. The SMILES string of the molecule is CC1(C)COC(c2ccc(-c3ccc4c(c3)C(c3ccccc3)(c3ccccc3)c3cc(-c5ccc(C6=NC(C)(C)CO6)cc5)ccc3-4)cc2)=N1. The van der Waals surface area contributed by atoms with Crippen molar-refractivity contribution in [3.05, 3.63) is 179 Å². The lowest BCUT2D eigenvalue weighted by Crippen LogP contribution is -2.28. The van der Waals surface area contributed by atoms with Gasteiger partial charge in [0.05, 0.1) is 16.5 Å². The van der Waals surface area contributed by atoms with Gasteiger partial charge in [0, 0.05) is 11.1 Å². The minimum atomic E-state index is -0.519. The number of hydrogen-bond donors (Lipinski definition) is 0. The van der Waals surface area contributed by atoms with E-state index in [4.69, 9.17) is 19.5 Å². The molecule has 6 aromatic rings. The Morgan fingerprint density at radius 2 is 0.765 bits per heavy atom. The van der Waals surface area contributed by atoms with Crippen LogP contribution >= 0.6 is 0 Å². The van der Waals surface area contributed by atoms with E-state index in [-0.39, 0.29) is 11.1 Å². The van der Waals surface area contributed by atoms with Crippen molar-refractivity contribution >= 4 is 11.8 Å². The Bertz CT molecular complexity index is 2170. The van der Waals surface area contributed by atoms with Crippen LogP contribution < -0.4 is 0 Å². The second-order valence-corrected chi connectivity index (χ2v) is 15.2. The number of fused-ring (bicyclic) bond motifs is 3. The van der Waals surface area contributed by atoms with Crippen LogP contribution in [-0.2, 0) is 14.9 Å². The zero-order chi connectivity index (χ0) is 34.8. The highest BCUT2D eigenvalue weighted by molar-refractivity contribution is 5.97. The second-order valence-electron chi connectivity index (χ2n) is 15.2. The lowest BCUT2D eigenvalue weighted by atomic mass is 9.67. The number of nitrogens with zero attached hydrogens (tertiary/aromatic N) is 2. The summed E-state index contributed by atoms with van der Waals surface area (Å²) in [7, 11) is 0. The average molecular weight is 665 g/mol. The monoisotopic (exact) mass is 664 g/mol. The van der Waals surface area contributed by atoms with Gasteiger partial charge in [0.2, 0.25) is 11.8 Å². The van der Waals surface area contributed by atoms with Crippen LogP contribution in [0.15, 0.2) is 156 Å². The fraction of sp³-hybridized carbons (Fsp3) is 0.191. The first-order valence-electron chi connectivity index (χ1n) is 17.8. The van der Waals surface area contributed by atoms with Gasteiger partial charge in [0.15, 0.2) is 0 Å². The molecule has 9 rings (SSSR count). The van der Waals surface area contributed by atoms with Crippen LogP contribution in [0.1, 0.15) is 61.1 Å². The van der Waals surface area contributed by atoms with E-state index >= 15 is 0 Å². The Morgan fingerprint density at radius 1 is 0.412 bits per heavy atom. The smallest absolute Gasteiger partial charge is 0.216 e. The van der Waals surface area contributed by atoms with E-state index in [0.29, 0.717) is 13.2 Å². The molecule has 3 aliphatic rings. The largest absolute Gasteiger partial charge is 0.475 e. The molecule has 250 valence electrons. The van der Waals surface area contributed by atoms with Crippen LogP contribution in [0.4, 0.5) is 0 Å². The molecule has 0 amide bonds. The zero-order valence-corrected chi connectivity index (χ0v) is 29.5. The molecule has 0 unspecified atom stereocenters. The minimum Gasteiger partial charge on any atom is -0.475 e. The van der Waals surface area contributed by atoms with Crippen molar-refractivity contribution in [1.29, 1.82) is 0 Å². The predicted octanol–water partition coefficient (Wildman–Crippen LogP) is 10.5. The molecular weight excluding hydrogens is 625 g/mol. The Hall–Kier alpha value is -5.74. The maximum absolute atomic E-state index is 5.94. The molecule has 2 aliphatic heterocycles. The van der Waals surface area contributed by atoms with Crippen LogP contribution in [0, 0.1) is 0 Å². The van der Waals surface area contributed by atoms with Crippen molar-refractivity contribution in [3.63, 3.8) is 0 Å². The fourth-order valence-electron chi connectivity index (χ4n) is 7.92. The van der Waals surface area contributed by atoms with Crippen LogP contribution in [0.25, 0.3) is 33.4 Å². The van der Waals surface area contributed by atoms with Gasteiger partial charge in [-0.1, -0.05) is 109 Å². The van der Waals surface area contributed by atoms with Crippen LogP contribution in [0.5, 0.6) is 0 Å². The van der Waals surface area contributed by atoms with Crippen molar-refractivity contribution in [2.45, 2.75) is 44.2 Å². The van der Waals surface area contributed by atoms with E-state index in [1.807, 2.05) is 0 Å². The summed E-state index contributed by atoms with van der Waals surface area (Å²) in [6, 6.07) is 53.2. The van der Waals surface area contributed by atoms with Crippen LogP contribution in [0.3, 0.4) is 0 Å². The molecule has 4 nitrogen and oxygen atoms in total. The van der Waals surface area contributed by atoms with Crippen molar-refractivity contribution in [3.8, 4) is 33.4 Å². The van der Waals surface area contributed by atoms with E-state index < -0.39 is 5.41 Å². The lowest BCUT2D eigenvalue weighted by Gasteiger charge is -2.34. The first kappa shape index (κ1) is 31.3. The molecule has 0 fully saturated rings. The summed E-state index contributed by atoms with van der Waals surface area (Å²) in [5.41, 5.74) is 13.4. The normalized spacial score (nSPS) is 17.5. The summed E-state index contributed by atoms with van der Waals surface area (Å²) in [5.74, 6) is 1.44. The summed E-state index contributed by atoms with van der Waals surface area (Å²) < 4.78 is 11.9. The fourth-order valence-corrected chi connectivity index (χ4v) is 7.92. The third-order valence-corrected chi connectivity index (χ3v) is 10.4. The highest BCUT2D eigenvalue weighted by atomic mass is 16.5. The van der Waals surface area contributed by atoms with E-state index in [9.17, 15) is 0 Å². The van der Waals surface area contributed by atoms with Gasteiger partial charge in [-0.25, -0.2) is 9.98 Å². The van der Waals surface area contributed by atoms with Crippen molar-refractivity contribution in [2.75, 3.05) is 13.2 Å². The number of hydrogen-bond acceptors (Lipinski definition) is 4. The predicted molar refractivity (Wildman–Crippen MR) is 208 cm³/mol. The summed E-state index contributed by atoms with van der Waals surface area (Å²) in [6.45, 7) is 9.61. The van der Waals surface area contributed by atoms with Gasteiger partial charge >= 0.3 is 0 Å². The quantitative estimate of drug-likeness (QED) is 0.178. The third-order valence-electron chi connectivity index (χ3n) is 10.4. The van der Waals surface area contributed by atoms with Gasteiger partial charge < -0.3 is 9.47 Å². The van der Waals surface area contributed by atoms with Crippen molar-refractivity contribution < 1.29 is 9.47 Å². The molecule has 0 radical (unpaired) electrons. The van der Waals surface area contributed by atoms with Gasteiger partial charge in [0.25, 0.3) is 0 Å². The molecule has 1 aliphatic carbocycles. The first-order valence-corrected chi connectivity index (χ1v) is 17.8. The van der Waals surface area contributed by atoms with Crippen molar-refractivity contribution in [2.24, 2.45) is 9.98 Å². The van der Waals surface area contributed by atoms with Gasteiger partial charge in [-0.2, -0.15) is 0 Å². The molecular formula is C47H40N2O2. The van der Waals surface area contributed by atoms with Gasteiger partial charge in [-0.3, -0.25) is 0 Å². The van der Waals surface area contributed by atoms with E-state index in [0.717, 1.165) is 34.0 Å². The van der Waals surface area contributed by atoms with E-state index in [2.05, 4.69) is 173 Å². The maximum Gasteiger partial charge on any atom is 0.216 e.